The number of anilines is 1. The van der Waals surface area contributed by atoms with Crippen LogP contribution in [0.4, 0.5) is 10.1 Å². The van der Waals surface area contributed by atoms with Crippen LogP contribution in [0.5, 0.6) is 0 Å². The number of halogens is 1. The number of nitrogens with zero attached hydrogens (tertiary/aromatic N) is 3. The quantitative estimate of drug-likeness (QED) is 0.767. The van der Waals surface area contributed by atoms with Crippen LogP contribution in [0.15, 0.2) is 24.3 Å². The summed E-state index contributed by atoms with van der Waals surface area (Å²) < 4.78 is 13.6. The minimum atomic E-state index is -0.662. The first-order valence-corrected chi connectivity index (χ1v) is 10.3. The number of imide groups is 1. The van der Waals surface area contributed by atoms with Gasteiger partial charge in [-0.1, -0.05) is 12.5 Å². The number of primary amides is 1. The number of nitrogens with two attached hydrogens (primary N) is 1. The smallest absolute Gasteiger partial charge is 0.251 e. The summed E-state index contributed by atoms with van der Waals surface area (Å²) in [5.74, 6) is -1.44. The van der Waals surface area contributed by atoms with Crippen molar-refractivity contribution in [2.24, 2.45) is 5.73 Å². The summed E-state index contributed by atoms with van der Waals surface area (Å²) in [6.07, 6.45) is 4.49. The van der Waals surface area contributed by atoms with E-state index in [1.165, 1.54) is 24.6 Å². The Kier molecular flexibility index (Phi) is 5.40. The van der Waals surface area contributed by atoms with Crippen LogP contribution in [-0.2, 0) is 14.4 Å². The average Bonchev–Trinajstić information content (AvgIpc) is 3.02. The van der Waals surface area contributed by atoms with E-state index in [4.69, 9.17) is 5.73 Å². The van der Waals surface area contributed by atoms with E-state index in [2.05, 4.69) is 4.90 Å². The Morgan fingerprint density at radius 1 is 1.07 bits per heavy atom. The molecule has 3 fully saturated rings. The number of hydrogen-bond donors (Lipinski definition) is 1. The maximum atomic E-state index is 13.6. The molecule has 1 atom stereocenters. The van der Waals surface area contributed by atoms with Gasteiger partial charge in [0.05, 0.1) is 18.2 Å². The number of likely N-dealkylation sites (tertiary alicyclic amines) is 2. The molecule has 1 aromatic carbocycles. The van der Waals surface area contributed by atoms with Crippen molar-refractivity contribution in [1.82, 2.24) is 9.80 Å². The zero-order valence-corrected chi connectivity index (χ0v) is 16.5. The number of benzene rings is 1. The van der Waals surface area contributed by atoms with Crippen LogP contribution in [0.2, 0.25) is 0 Å². The normalized spacial score (nSPS) is 26.1. The van der Waals surface area contributed by atoms with Crippen LogP contribution in [-0.4, -0.2) is 65.3 Å². The molecular formula is C21H27FN4O3. The molecule has 3 heterocycles. The maximum Gasteiger partial charge on any atom is 0.251 e. The summed E-state index contributed by atoms with van der Waals surface area (Å²) in [5.41, 5.74) is 5.43. The van der Waals surface area contributed by atoms with E-state index in [0.29, 0.717) is 25.9 Å². The summed E-state index contributed by atoms with van der Waals surface area (Å²) in [6, 6.07) is 4.95. The lowest BCUT2D eigenvalue weighted by Gasteiger charge is -2.48. The molecule has 3 aliphatic heterocycles. The summed E-state index contributed by atoms with van der Waals surface area (Å²) in [5, 5.41) is 0. The summed E-state index contributed by atoms with van der Waals surface area (Å²) in [7, 11) is 0. The standard InChI is InChI=1S/C21H27FN4O3/c22-15-5-4-6-16(13-15)26-18(27)14-17(19(26)28)24-11-7-21(8-12-24,20(23)29)25-9-2-1-3-10-25/h4-6,13,17H,1-3,7-12,14H2,(H2,23,29)/t17-/m1/s1. The Balaban J connectivity index is 1.47. The first-order chi connectivity index (χ1) is 13.9. The molecule has 29 heavy (non-hydrogen) atoms. The highest BCUT2D eigenvalue weighted by Gasteiger charge is 2.49. The predicted octanol–water partition coefficient (Wildman–Crippen LogP) is 1.26. The van der Waals surface area contributed by atoms with E-state index in [-0.39, 0.29) is 29.8 Å². The SMILES string of the molecule is NC(=O)C1(N2CCCCC2)CCN([C@@H]2CC(=O)N(c3cccc(F)c3)C2=O)CC1. The highest BCUT2D eigenvalue weighted by atomic mass is 19.1. The zero-order chi connectivity index (χ0) is 20.6. The molecule has 156 valence electrons. The minimum absolute atomic E-state index is 0.0721. The molecule has 0 bridgehead atoms. The first kappa shape index (κ1) is 20.0. The molecule has 4 rings (SSSR count). The number of rotatable bonds is 4. The van der Waals surface area contributed by atoms with Crippen LogP contribution in [0.25, 0.3) is 0 Å². The van der Waals surface area contributed by atoms with Gasteiger partial charge in [0.25, 0.3) is 5.91 Å². The molecule has 0 unspecified atom stereocenters. The molecule has 0 aliphatic carbocycles. The second kappa shape index (κ2) is 7.84. The lowest BCUT2D eigenvalue weighted by Crippen LogP contribution is -2.64. The fourth-order valence-corrected chi connectivity index (χ4v) is 5.03. The van der Waals surface area contributed by atoms with E-state index >= 15 is 0 Å². The Morgan fingerprint density at radius 2 is 1.76 bits per heavy atom. The van der Waals surface area contributed by atoms with Crippen molar-refractivity contribution < 1.29 is 18.8 Å². The second-order valence-electron chi connectivity index (χ2n) is 8.25. The first-order valence-electron chi connectivity index (χ1n) is 10.3. The number of piperidine rings is 2. The molecule has 1 aromatic rings. The van der Waals surface area contributed by atoms with Gasteiger partial charge in [-0.2, -0.15) is 0 Å². The largest absolute Gasteiger partial charge is 0.368 e. The second-order valence-corrected chi connectivity index (χ2v) is 8.25. The molecule has 7 nitrogen and oxygen atoms in total. The third kappa shape index (κ3) is 3.55. The van der Waals surface area contributed by atoms with E-state index < -0.39 is 17.4 Å². The van der Waals surface area contributed by atoms with Gasteiger partial charge in [0.1, 0.15) is 11.4 Å². The van der Waals surface area contributed by atoms with Gasteiger partial charge in [-0.25, -0.2) is 9.29 Å². The fraction of sp³-hybridized carbons (Fsp3) is 0.571. The van der Waals surface area contributed by atoms with Gasteiger partial charge >= 0.3 is 0 Å². The summed E-state index contributed by atoms with van der Waals surface area (Å²) in [4.78, 5) is 43.1. The van der Waals surface area contributed by atoms with Crippen molar-refractivity contribution in [3.05, 3.63) is 30.1 Å². The van der Waals surface area contributed by atoms with E-state index in [0.717, 1.165) is 30.8 Å². The van der Waals surface area contributed by atoms with Crippen molar-refractivity contribution in [1.29, 1.82) is 0 Å². The molecule has 0 saturated carbocycles. The van der Waals surface area contributed by atoms with Crippen molar-refractivity contribution in [3.8, 4) is 0 Å². The van der Waals surface area contributed by atoms with Gasteiger partial charge < -0.3 is 5.73 Å². The van der Waals surface area contributed by atoms with Crippen molar-refractivity contribution >= 4 is 23.4 Å². The van der Waals surface area contributed by atoms with Gasteiger partial charge in [-0.15, -0.1) is 0 Å². The Morgan fingerprint density at radius 3 is 2.38 bits per heavy atom. The summed E-state index contributed by atoms with van der Waals surface area (Å²) in [6.45, 7) is 2.80. The lowest BCUT2D eigenvalue weighted by atomic mass is 9.83. The number of carbonyl (C=O) groups excluding carboxylic acids is 3. The van der Waals surface area contributed by atoms with Gasteiger partial charge in [0.15, 0.2) is 0 Å². The van der Waals surface area contributed by atoms with Gasteiger partial charge in [-0.05, 0) is 57.0 Å². The molecular weight excluding hydrogens is 375 g/mol. The van der Waals surface area contributed by atoms with Crippen molar-refractivity contribution in [2.75, 3.05) is 31.1 Å². The van der Waals surface area contributed by atoms with Crippen LogP contribution in [0.3, 0.4) is 0 Å². The molecule has 8 heteroatoms. The van der Waals surface area contributed by atoms with Crippen molar-refractivity contribution in [2.45, 2.75) is 50.1 Å². The molecule has 3 aliphatic rings. The Bertz CT molecular complexity index is 816. The lowest BCUT2D eigenvalue weighted by molar-refractivity contribution is -0.136. The monoisotopic (exact) mass is 402 g/mol. The van der Waals surface area contributed by atoms with Crippen LogP contribution >= 0.6 is 0 Å². The number of hydrogen-bond acceptors (Lipinski definition) is 5. The van der Waals surface area contributed by atoms with Crippen LogP contribution in [0, 0.1) is 5.82 Å². The van der Waals surface area contributed by atoms with Crippen LogP contribution in [0.1, 0.15) is 38.5 Å². The molecule has 0 spiro atoms. The van der Waals surface area contributed by atoms with Gasteiger partial charge in [0, 0.05) is 13.1 Å². The van der Waals surface area contributed by atoms with E-state index in [1.807, 2.05) is 4.90 Å². The highest BCUT2D eigenvalue weighted by Crippen LogP contribution is 2.34. The average molecular weight is 402 g/mol. The predicted molar refractivity (Wildman–Crippen MR) is 105 cm³/mol. The number of carbonyl (C=O) groups is 3. The minimum Gasteiger partial charge on any atom is -0.368 e. The number of amides is 3. The summed E-state index contributed by atoms with van der Waals surface area (Å²) >= 11 is 0. The molecule has 0 aromatic heterocycles. The molecule has 3 saturated heterocycles. The highest BCUT2D eigenvalue weighted by molar-refractivity contribution is 6.22. The molecule has 0 radical (unpaired) electrons. The van der Waals surface area contributed by atoms with Gasteiger partial charge in [0.2, 0.25) is 11.8 Å². The fourth-order valence-electron chi connectivity index (χ4n) is 5.03. The Labute approximate surface area is 169 Å². The Hall–Kier alpha value is -2.32. The van der Waals surface area contributed by atoms with Gasteiger partial charge in [-0.3, -0.25) is 24.2 Å². The molecule has 3 amide bonds. The maximum absolute atomic E-state index is 13.6. The third-order valence-electron chi connectivity index (χ3n) is 6.68. The zero-order valence-electron chi connectivity index (χ0n) is 16.5. The van der Waals surface area contributed by atoms with Crippen LogP contribution < -0.4 is 10.6 Å². The topological polar surface area (TPSA) is 87.0 Å². The third-order valence-corrected chi connectivity index (χ3v) is 6.68. The van der Waals surface area contributed by atoms with E-state index in [9.17, 15) is 18.8 Å². The van der Waals surface area contributed by atoms with Crippen molar-refractivity contribution in [3.63, 3.8) is 0 Å². The molecule has 2 N–H and O–H groups in total. The van der Waals surface area contributed by atoms with E-state index in [1.54, 1.807) is 6.07 Å².